The van der Waals surface area contributed by atoms with Crippen LogP contribution in [0.3, 0.4) is 0 Å². The SMILES string of the molecule is CC(C)(C)NC1CCCC(NC2CC2)C1. The highest BCUT2D eigenvalue weighted by Gasteiger charge is 2.29. The Kier molecular flexibility index (Phi) is 3.36. The standard InChI is InChI=1S/C13H26N2/c1-13(2,3)15-12-6-4-5-11(9-12)14-10-7-8-10/h10-12,14-15H,4-9H2,1-3H3. The molecule has 0 aliphatic heterocycles. The van der Waals surface area contributed by atoms with Crippen molar-refractivity contribution in [2.75, 3.05) is 0 Å². The van der Waals surface area contributed by atoms with Crippen LogP contribution in [0.4, 0.5) is 0 Å². The lowest BCUT2D eigenvalue weighted by atomic mass is 9.89. The van der Waals surface area contributed by atoms with Gasteiger partial charge in [-0.15, -0.1) is 0 Å². The Bertz CT molecular complexity index is 203. The van der Waals surface area contributed by atoms with Crippen LogP contribution in [0.15, 0.2) is 0 Å². The minimum Gasteiger partial charge on any atom is -0.311 e. The van der Waals surface area contributed by atoms with Crippen LogP contribution in [0.1, 0.15) is 59.3 Å². The molecule has 2 heteroatoms. The highest BCUT2D eigenvalue weighted by atomic mass is 15.0. The maximum absolute atomic E-state index is 3.77. The molecule has 0 aromatic heterocycles. The zero-order chi connectivity index (χ0) is 10.9. The lowest BCUT2D eigenvalue weighted by molar-refractivity contribution is 0.256. The van der Waals surface area contributed by atoms with Gasteiger partial charge in [0.25, 0.3) is 0 Å². The zero-order valence-electron chi connectivity index (χ0n) is 10.5. The third kappa shape index (κ3) is 4.12. The first-order valence-corrected chi connectivity index (χ1v) is 6.57. The molecule has 2 atom stereocenters. The molecule has 2 nitrogen and oxygen atoms in total. The summed E-state index contributed by atoms with van der Waals surface area (Å²) < 4.78 is 0. The summed E-state index contributed by atoms with van der Waals surface area (Å²) in [4.78, 5) is 0. The first-order chi connectivity index (χ1) is 7.03. The van der Waals surface area contributed by atoms with Crippen LogP contribution in [0.25, 0.3) is 0 Å². The summed E-state index contributed by atoms with van der Waals surface area (Å²) in [6.45, 7) is 6.81. The molecule has 0 radical (unpaired) electrons. The van der Waals surface area contributed by atoms with Crippen molar-refractivity contribution in [3.8, 4) is 0 Å². The van der Waals surface area contributed by atoms with E-state index in [-0.39, 0.29) is 5.54 Å². The van der Waals surface area contributed by atoms with Gasteiger partial charge in [0.1, 0.15) is 0 Å². The zero-order valence-corrected chi connectivity index (χ0v) is 10.5. The van der Waals surface area contributed by atoms with E-state index in [1.165, 1.54) is 38.5 Å². The maximum Gasteiger partial charge on any atom is 0.00991 e. The van der Waals surface area contributed by atoms with Gasteiger partial charge in [-0.05, 0) is 52.9 Å². The van der Waals surface area contributed by atoms with E-state index in [0.29, 0.717) is 0 Å². The summed E-state index contributed by atoms with van der Waals surface area (Å²) in [5.41, 5.74) is 0.270. The minimum atomic E-state index is 0.270. The van der Waals surface area contributed by atoms with Crippen LogP contribution >= 0.6 is 0 Å². The quantitative estimate of drug-likeness (QED) is 0.747. The van der Waals surface area contributed by atoms with Crippen LogP contribution < -0.4 is 10.6 Å². The number of hydrogen-bond donors (Lipinski definition) is 2. The molecule has 0 aromatic rings. The fourth-order valence-electron chi connectivity index (χ4n) is 2.67. The Morgan fingerprint density at radius 3 is 2.13 bits per heavy atom. The van der Waals surface area contributed by atoms with Crippen molar-refractivity contribution >= 4 is 0 Å². The van der Waals surface area contributed by atoms with Gasteiger partial charge in [0.05, 0.1) is 0 Å². The van der Waals surface area contributed by atoms with Crippen molar-refractivity contribution in [1.29, 1.82) is 0 Å². The predicted molar refractivity (Wildman–Crippen MR) is 65.1 cm³/mol. The molecule has 0 heterocycles. The van der Waals surface area contributed by atoms with Crippen molar-refractivity contribution in [2.45, 2.75) is 83.0 Å². The molecule has 0 spiro atoms. The normalized spacial score (nSPS) is 33.0. The van der Waals surface area contributed by atoms with E-state index in [4.69, 9.17) is 0 Å². The Balaban J connectivity index is 1.75. The lowest BCUT2D eigenvalue weighted by Gasteiger charge is -2.35. The van der Waals surface area contributed by atoms with E-state index in [9.17, 15) is 0 Å². The molecule has 0 saturated heterocycles. The van der Waals surface area contributed by atoms with Gasteiger partial charge in [-0.25, -0.2) is 0 Å². The van der Waals surface area contributed by atoms with Crippen molar-refractivity contribution < 1.29 is 0 Å². The largest absolute Gasteiger partial charge is 0.311 e. The van der Waals surface area contributed by atoms with E-state index in [2.05, 4.69) is 31.4 Å². The van der Waals surface area contributed by atoms with Crippen molar-refractivity contribution in [2.24, 2.45) is 0 Å². The number of nitrogens with one attached hydrogen (secondary N) is 2. The molecule has 0 aromatic carbocycles. The lowest BCUT2D eigenvalue weighted by Crippen LogP contribution is -2.49. The second-order valence-electron chi connectivity index (χ2n) is 6.40. The van der Waals surface area contributed by atoms with Gasteiger partial charge in [0.2, 0.25) is 0 Å². The summed E-state index contributed by atoms with van der Waals surface area (Å²) in [6.07, 6.45) is 8.28. The van der Waals surface area contributed by atoms with Crippen LogP contribution in [0.2, 0.25) is 0 Å². The Morgan fingerprint density at radius 2 is 1.53 bits per heavy atom. The smallest absolute Gasteiger partial charge is 0.00991 e. The Hall–Kier alpha value is -0.0800. The van der Waals surface area contributed by atoms with Crippen LogP contribution in [-0.4, -0.2) is 23.7 Å². The Labute approximate surface area is 94.2 Å². The minimum absolute atomic E-state index is 0.270. The third-order valence-electron chi connectivity index (χ3n) is 3.36. The Morgan fingerprint density at radius 1 is 0.867 bits per heavy atom. The van der Waals surface area contributed by atoms with E-state index in [1.807, 2.05) is 0 Å². The molecule has 15 heavy (non-hydrogen) atoms. The molecule has 2 rings (SSSR count). The van der Waals surface area contributed by atoms with E-state index >= 15 is 0 Å². The van der Waals surface area contributed by atoms with Crippen LogP contribution in [0, 0.1) is 0 Å². The van der Waals surface area contributed by atoms with Crippen LogP contribution in [-0.2, 0) is 0 Å². The van der Waals surface area contributed by atoms with Crippen molar-refractivity contribution in [3.63, 3.8) is 0 Å². The average Bonchev–Trinajstić information content (AvgIpc) is 2.85. The van der Waals surface area contributed by atoms with Gasteiger partial charge in [-0.3, -0.25) is 0 Å². The predicted octanol–water partition coefficient (Wildman–Crippen LogP) is 2.44. The van der Waals surface area contributed by atoms with E-state index in [0.717, 1.165) is 18.1 Å². The van der Waals surface area contributed by atoms with Gasteiger partial charge in [-0.2, -0.15) is 0 Å². The third-order valence-corrected chi connectivity index (χ3v) is 3.36. The molecular weight excluding hydrogens is 184 g/mol. The summed E-state index contributed by atoms with van der Waals surface area (Å²) in [6, 6.07) is 2.38. The monoisotopic (exact) mass is 210 g/mol. The highest BCUT2D eigenvalue weighted by molar-refractivity contribution is 4.90. The molecule has 2 aliphatic carbocycles. The number of rotatable bonds is 3. The summed E-state index contributed by atoms with van der Waals surface area (Å²) in [7, 11) is 0. The first-order valence-electron chi connectivity index (χ1n) is 6.57. The van der Waals surface area contributed by atoms with E-state index < -0.39 is 0 Å². The molecule has 2 aliphatic rings. The molecule has 2 saturated carbocycles. The topological polar surface area (TPSA) is 24.1 Å². The van der Waals surface area contributed by atoms with Crippen molar-refractivity contribution in [3.05, 3.63) is 0 Å². The van der Waals surface area contributed by atoms with Crippen LogP contribution in [0.5, 0.6) is 0 Å². The molecule has 0 bridgehead atoms. The van der Waals surface area contributed by atoms with E-state index in [1.54, 1.807) is 0 Å². The summed E-state index contributed by atoms with van der Waals surface area (Å²) in [5, 5.41) is 7.51. The van der Waals surface area contributed by atoms with Crippen molar-refractivity contribution in [1.82, 2.24) is 10.6 Å². The first kappa shape index (κ1) is 11.4. The molecule has 2 unspecified atom stereocenters. The van der Waals surface area contributed by atoms with Gasteiger partial charge >= 0.3 is 0 Å². The van der Waals surface area contributed by atoms with Gasteiger partial charge < -0.3 is 10.6 Å². The maximum atomic E-state index is 3.77. The average molecular weight is 210 g/mol. The second-order valence-corrected chi connectivity index (χ2v) is 6.40. The highest BCUT2D eigenvalue weighted by Crippen LogP contribution is 2.25. The summed E-state index contributed by atoms with van der Waals surface area (Å²) >= 11 is 0. The second kappa shape index (κ2) is 4.42. The molecular formula is C13H26N2. The molecule has 88 valence electrons. The fourth-order valence-corrected chi connectivity index (χ4v) is 2.67. The number of hydrogen-bond acceptors (Lipinski definition) is 2. The molecule has 2 fully saturated rings. The van der Waals surface area contributed by atoms with Gasteiger partial charge in [0.15, 0.2) is 0 Å². The fraction of sp³-hybridized carbons (Fsp3) is 1.00. The molecule has 2 N–H and O–H groups in total. The molecule has 0 amide bonds. The van der Waals surface area contributed by atoms with Gasteiger partial charge in [0, 0.05) is 23.7 Å². The van der Waals surface area contributed by atoms with Gasteiger partial charge in [-0.1, -0.05) is 6.42 Å². The summed E-state index contributed by atoms with van der Waals surface area (Å²) in [5.74, 6) is 0.